The van der Waals surface area contributed by atoms with Gasteiger partial charge in [0.25, 0.3) is 0 Å². The van der Waals surface area contributed by atoms with E-state index in [1.165, 1.54) is 24.9 Å². The van der Waals surface area contributed by atoms with Gasteiger partial charge in [0.05, 0.1) is 0 Å². The molecule has 0 aliphatic carbocycles. The highest BCUT2D eigenvalue weighted by molar-refractivity contribution is 5.27. The number of phenolic OH excluding ortho intramolecular Hbond substituents is 1. The molecule has 0 saturated carbocycles. The van der Waals surface area contributed by atoms with E-state index in [1.54, 1.807) is 6.07 Å². The number of benzene rings is 1. The van der Waals surface area contributed by atoms with Crippen molar-refractivity contribution in [3.8, 4) is 5.75 Å². The Hall–Kier alpha value is -1.02. The van der Waals surface area contributed by atoms with Crippen LogP contribution in [0.25, 0.3) is 0 Å². The quantitative estimate of drug-likeness (QED) is 0.775. The normalized spacial score (nSPS) is 22.8. The summed E-state index contributed by atoms with van der Waals surface area (Å²) >= 11 is 0. The lowest BCUT2D eigenvalue weighted by molar-refractivity contribution is 0.260. The van der Waals surface area contributed by atoms with Crippen LogP contribution in [0, 0.1) is 0 Å². The van der Waals surface area contributed by atoms with Crippen LogP contribution in [-0.2, 0) is 6.54 Å². The molecule has 2 nitrogen and oxygen atoms in total. The van der Waals surface area contributed by atoms with Crippen molar-refractivity contribution in [2.24, 2.45) is 0 Å². The number of rotatable bonds is 2. The van der Waals surface area contributed by atoms with Crippen LogP contribution in [0.15, 0.2) is 24.3 Å². The second-order valence-corrected chi connectivity index (χ2v) is 4.13. The Labute approximate surface area is 85.2 Å². The first-order valence-corrected chi connectivity index (χ1v) is 5.27. The van der Waals surface area contributed by atoms with Gasteiger partial charge in [-0.3, -0.25) is 4.90 Å². The van der Waals surface area contributed by atoms with E-state index in [2.05, 4.69) is 17.9 Å². The largest absolute Gasteiger partial charge is 0.508 e. The van der Waals surface area contributed by atoms with Crippen molar-refractivity contribution in [1.29, 1.82) is 0 Å². The van der Waals surface area contributed by atoms with Crippen LogP contribution < -0.4 is 0 Å². The predicted molar refractivity (Wildman–Crippen MR) is 57.2 cm³/mol. The highest BCUT2D eigenvalue weighted by Gasteiger charge is 2.19. The molecule has 0 amide bonds. The predicted octanol–water partition coefficient (Wildman–Crippen LogP) is 2.38. The van der Waals surface area contributed by atoms with Gasteiger partial charge >= 0.3 is 0 Å². The Balaban J connectivity index is 2.03. The Kier molecular flexibility index (Phi) is 2.73. The molecule has 14 heavy (non-hydrogen) atoms. The summed E-state index contributed by atoms with van der Waals surface area (Å²) in [5, 5.41) is 9.33. The van der Waals surface area contributed by atoms with E-state index in [4.69, 9.17) is 0 Å². The molecule has 0 radical (unpaired) electrons. The number of likely N-dealkylation sites (tertiary alicyclic amines) is 1. The lowest BCUT2D eigenvalue weighted by Gasteiger charge is -2.20. The summed E-state index contributed by atoms with van der Waals surface area (Å²) in [6, 6.07) is 8.25. The molecule has 1 atom stereocenters. The second-order valence-electron chi connectivity index (χ2n) is 4.13. The highest BCUT2D eigenvalue weighted by Crippen LogP contribution is 2.20. The molecular weight excluding hydrogens is 174 g/mol. The average molecular weight is 191 g/mol. The van der Waals surface area contributed by atoms with Gasteiger partial charge in [-0.1, -0.05) is 12.1 Å². The van der Waals surface area contributed by atoms with Crippen molar-refractivity contribution >= 4 is 0 Å². The third-order valence-electron chi connectivity index (χ3n) is 2.99. The molecule has 1 N–H and O–H groups in total. The molecule has 2 heteroatoms. The molecule has 2 rings (SSSR count). The van der Waals surface area contributed by atoms with Gasteiger partial charge in [0.1, 0.15) is 5.75 Å². The minimum Gasteiger partial charge on any atom is -0.508 e. The summed E-state index contributed by atoms with van der Waals surface area (Å²) in [6.45, 7) is 4.43. The zero-order chi connectivity index (χ0) is 9.97. The second kappa shape index (κ2) is 4.01. The summed E-state index contributed by atoms with van der Waals surface area (Å²) in [5.74, 6) is 0.370. The summed E-state index contributed by atoms with van der Waals surface area (Å²) in [7, 11) is 0. The van der Waals surface area contributed by atoms with Crippen LogP contribution in [0.3, 0.4) is 0 Å². The maximum absolute atomic E-state index is 9.33. The van der Waals surface area contributed by atoms with Crippen LogP contribution in [0.4, 0.5) is 0 Å². The standard InChI is InChI=1S/C12H17NO/c1-10-4-3-7-13(10)9-11-5-2-6-12(14)8-11/h2,5-6,8,10,14H,3-4,7,9H2,1H3. The lowest BCUT2D eigenvalue weighted by atomic mass is 10.2. The van der Waals surface area contributed by atoms with Crippen molar-refractivity contribution in [3.05, 3.63) is 29.8 Å². The number of hydrogen-bond acceptors (Lipinski definition) is 2. The summed E-state index contributed by atoms with van der Waals surface area (Å²) in [6.07, 6.45) is 2.61. The molecule has 1 saturated heterocycles. The van der Waals surface area contributed by atoms with E-state index in [1.807, 2.05) is 12.1 Å². The lowest BCUT2D eigenvalue weighted by Crippen LogP contribution is -2.26. The van der Waals surface area contributed by atoms with Gasteiger partial charge in [-0.05, 0) is 44.0 Å². The topological polar surface area (TPSA) is 23.5 Å². The number of aromatic hydroxyl groups is 1. The van der Waals surface area contributed by atoms with E-state index in [0.717, 1.165) is 6.54 Å². The molecule has 0 aromatic heterocycles. The Bertz CT molecular complexity index is 311. The maximum atomic E-state index is 9.33. The van der Waals surface area contributed by atoms with Gasteiger partial charge in [0.15, 0.2) is 0 Å². The first-order chi connectivity index (χ1) is 6.75. The highest BCUT2D eigenvalue weighted by atomic mass is 16.3. The Morgan fingerprint density at radius 1 is 1.50 bits per heavy atom. The molecular formula is C12H17NO. The molecule has 1 unspecified atom stereocenters. The third kappa shape index (κ3) is 2.07. The summed E-state index contributed by atoms with van der Waals surface area (Å²) in [4.78, 5) is 2.47. The molecule has 0 spiro atoms. The Morgan fingerprint density at radius 3 is 3.00 bits per heavy atom. The molecule has 1 heterocycles. The van der Waals surface area contributed by atoms with E-state index in [-0.39, 0.29) is 0 Å². The SMILES string of the molecule is CC1CCCN1Cc1cccc(O)c1. The molecule has 76 valence electrons. The van der Waals surface area contributed by atoms with E-state index in [9.17, 15) is 5.11 Å². The van der Waals surface area contributed by atoms with Crippen LogP contribution in [-0.4, -0.2) is 22.6 Å². The zero-order valence-corrected chi connectivity index (χ0v) is 8.61. The third-order valence-corrected chi connectivity index (χ3v) is 2.99. The zero-order valence-electron chi connectivity index (χ0n) is 8.61. The number of phenols is 1. The average Bonchev–Trinajstić information content (AvgIpc) is 2.52. The molecule has 0 bridgehead atoms. The van der Waals surface area contributed by atoms with Crippen LogP contribution in [0.1, 0.15) is 25.3 Å². The first-order valence-electron chi connectivity index (χ1n) is 5.27. The van der Waals surface area contributed by atoms with Crippen molar-refractivity contribution in [2.45, 2.75) is 32.4 Å². The van der Waals surface area contributed by atoms with E-state index in [0.29, 0.717) is 11.8 Å². The van der Waals surface area contributed by atoms with Crippen LogP contribution in [0.5, 0.6) is 5.75 Å². The fraction of sp³-hybridized carbons (Fsp3) is 0.500. The molecule has 1 aliphatic rings. The van der Waals surface area contributed by atoms with Gasteiger partial charge in [0, 0.05) is 12.6 Å². The first kappa shape index (κ1) is 9.53. The van der Waals surface area contributed by atoms with Crippen molar-refractivity contribution in [3.63, 3.8) is 0 Å². The molecule has 1 aromatic rings. The van der Waals surface area contributed by atoms with Gasteiger partial charge in [-0.2, -0.15) is 0 Å². The van der Waals surface area contributed by atoms with Crippen LogP contribution >= 0.6 is 0 Å². The summed E-state index contributed by atoms with van der Waals surface area (Å²) < 4.78 is 0. The van der Waals surface area contributed by atoms with Crippen molar-refractivity contribution in [2.75, 3.05) is 6.54 Å². The van der Waals surface area contributed by atoms with E-state index < -0.39 is 0 Å². The van der Waals surface area contributed by atoms with Gasteiger partial charge in [-0.25, -0.2) is 0 Å². The Morgan fingerprint density at radius 2 is 2.36 bits per heavy atom. The monoisotopic (exact) mass is 191 g/mol. The minimum atomic E-state index is 0.370. The van der Waals surface area contributed by atoms with Crippen molar-refractivity contribution in [1.82, 2.24) is 4.90 Å². The summed E-state index contributed by atoms with van der Waals surface area (Å²) in [5.41, 5.74) is 1.21. The molecule has 1 aromatic carbocycles. The van der Waals surface area contributed by atoms with Gasteiger partial charge < -0.3 is 5.11 Å². The minimum absolute atomic E-state index is 0.370. The maximum Gasteiger partial charge on any atom is 0.115 e. The van der Waals surface area contributed by atoms with Crippen molar-refractivity contribution < 1.29 is 5.11 Å². The fourth-order valence-electron chi connectivity index (χ4n) is 2.12. The van der Waals surface area contributed by atoms with Gasteiger partial charge in [0.2, 0.25) is 0 Å². The smallest absolute Gasteiger partial charge is 0.115 e. The number of nitrogens with zero attached hydrogens (tertiary/aromatic N) is 1. The van der Waals surface area contributed by atoms with Crippen LogP contribution in [0.2, 0.25) is 0 Å². The molecule has 1 aliphatic heterocycles. The fourth-order valence-corrected chi connectivity index (χ4v) is 2.12. The number of hydrogen-bond donors (Lipinski definition) is 1. The molecule has 1 fully saturated rings. The van der Waals surface area contributed by atoms with Gasteiger partial charge in [-0.15, -0.1) is 0 Å². The van der Waals surface area contributed by atoms with E-state index >= 15 is 0 Å².